The van der Waals surface area contributed by atoms with E-state index in [0.29, 0.717) is 11.8 Å². The molecular formula is C14H11F6N3OS. The summed E-state index contributed by atoms with van der Waals surface area (Å²) in [5.41, 5.74) is 0.0234. The number of halogens is 6. The highest BCUT2D eigenvalue weighted by Crippen LogP contribution is 2.33. The van der Waals surface area contributed by atoms with Crippen LogP contribution >= 0.6 is 11.8 Å². The van der Waals surface area contributed by atoms with Crippen molar-refractivity contribution in [2.45, 2.75) is 29.6 Å². The first kappa shape index (κ1) is 19.3. The van der Waals surface area contributed by atoms with Crippen LogP contribution in [0.2, 0.25) is 0 Å². The fourth-order valence-corrected chi connectivity index (χ4v) is 2.78. The molecule has 0 aliphatic carbocycles. The molecule has 1 N–H and O–H groups in total. The number of alkyl halides is 6. The summed E-state index contributed by atoms with van der Waals surface area (Å²) in [7, 11) is 0. The number of nitrogens with zero attached hydrogens (tertiary/aromatic N) is 2. The summed E-state index contributed by atoms with van der Waals surface area (Å²) >= 11 is 0.632. The first-order valence-electron chi connectivity index (χ1n) is 6.82. The van der Waals surface area contributed by atoms with E-state index in [1.807, 2.05) is 0 Å². The maximum atomic E-state index is 12.9. The smallest absolute Gasteiger partial charge is 0.346 e. The van der Waals surface area contributed by atoms with Gasteiger partial charge < -0.3 is 5.32 Å². The minimum Gasteiger partial charge on any atom is -0.346 e. The van der Waals surface area contributed by atoms with Gasteiger partial charge in [-0.2, -0.15) is 26.3 Å². The van der Waals surface area contributed by atoms with Crippen molar-refractivity contribution in [1.82, 2.24) is 15.3 Å². The van der Waals surface area contributed by atoms with E-state index in [1.54, 1.807) is 11.4 Å². The van der Waals surface area contributed by atoms with Crippen LogP contribution in [0.15, 0.2) is 29.3 Å². The van der Waals surface area contributed by atoms with Crippen LogP contribution in [0.1, 0.15) is 12.7 Å². The van der Waals surface area contributed by atoms with E-state index in [9.17, 15) is 31.1 Å². The van der Waals surface area contributed by atoms with Gasteiger partial charge in [-0.15, -0.1) is 0 Å². The minimum atomic E-state index is -4.79. The van der Waals surface area contributed by atoms with Crippen molar-refractivity contribution in [3.05, 3.63) is 30.1 Å². The molecule has 1 atom stereocenters. The standard InChI is InChI=1S/C14H11F6N3OS/c1-7(10(24)21-6-13(15,16)17)25-11-8-4-2-3-5-9(8)22-12(23-11)14(18,19)20/h2-5,7H,6H2,1H3,(H,21,24). The van der Waals surface area contributed by atoms with Gasteiger partial charge in [-0.1, -0.05) is 30.0 Å². The molecule has 2 aromatic rings. The van der Waals surface area contributed by atoms with Gasteiger partial charge in [0.15, 0.2) is 0 Å². The van der Waals surface area contributed by atoms with Gasteiger partial charge in [-0.05, 0) is 13.0 Å². The summed E-state index contributed by atoms with van der Waals surface area (Å²) in [6.45, 7) is -0.241. The van der Waals surface area contributed by atoms with Gasteiger partial charge in [0.25, 0.3) is 0 Å². The highest BCUT2D eigenvalue weighted by molar-refractivity contribution is 8.00. The van der Waals surface area contributed by atoms with Gasteiger partial charge >= 0.3 is 12.4 Å². The van der Waals surface area contributed by atoms with E-state index in [0.717, 1.165) is 0 Å². The highest BCUT2D eigenvalue weighted by Gasteiger charge is 2.36. The number of rotatable bonds is 4. The van der Waals surface area contributed by atoms with Crippen molar-refractivity contribution in [1.29, 1.82) is 0 Å². The molecule has 4 nitrogen and oxygen atoms in total. The van der Waals surface area contributed by atoms with E-state index in [4.69, 9.17) is 0 Å². The molecule has 0 radical (unpaired) electrons. The molecule has 1 unspecified atom stereocenters. The fourth-order valence-electron chi connectivity index (χ4n) is 1.82. The van der Waals surface area contributed by atoms with E-state index in [2.05, 4.69) is 9.97 Å². The number of thioether (sulfide) groups is 1. The van der Waals surface area contributed by atoms with Gasteiger partial charge in [-0.25, -0.2) is 9.97 Å². The molecule has 0 bridgehead atoms. The average molecular weight is 383 g/mol. The highest BCUT2D eigenvalue weighted by atomic mass is 32.2. The van der Waals surface area contributed by atoms with E-state index in [-0.39, 0.29) is 15.9 Å². The third-order valence-electron chi connectivity index (χ3n) is 2.94. The summed E-state index contributed by atoms with van der Waals surface area (Å²) in [5.74, 6) is -2.34. The number of nitrogens with one attached hydrogen (secondary N) is 1. The van der Waals surface area contributed by atoms with Crippen molar-refractivity contribution in [2.24, 2.45) is 0 Å². The number of benzene rings is 1. The zero-order valence-electron chi connectivity index (χ0n) is 12.6. The number of aromatic nitrogens is 2. The van der Waals surface area contributed by atoms with Crippen LogP contribution < -0.4 is 5.32 Å². The van der Waals surface area contributed by atoms with Crippen molar-refractivity contribution < 1.29 is 31.1 Å². The lowest BCUT2D eigenvalue weighted by Crippen LogP contribution is -2.38. The summed E-state index contributed by atoms with van der Waals surface area (Å²) in [6, 6.07) is 5.86. The Morgan fingerprint density at radius 3 is 2.40 bits per heavy atom. The molecule has 25 heavy (non-hydrogen) atoms. The summed E-state index contributed by atoms with van der Waals surface area (Å²) in [5, 5.41) is 0.746. The Morgan fingerprint density at radius 2 is 1.80 bits per heavy atom. The maximum Gasteiger partial charge on any atom is 0.451 e. The number of amides is 1. The lowest BCUT2D eigenvalue weighted by Gasteiger charge is -2.15. The van der Waals surface area contributed by atoms with Crippen LogP contribution in [-0.4, -0.2) is 33.8 Å². The molecule has 0 saturated heterocycles. The van der Waals surface area contributed by atoms with Gasteiger partial charge in [0, 0.05) is 5.39 Å². The molecule has 11 heteroatoms. The van der Waals surface area contributed by atoms with E-state index < -0.39 is 35.9 Å². The average Bonchev–Trinajstić information content (AvgIpc) is 2.50. The molecular weight excluding hydrogens is 372 g/mol. The largest absolute Gasteiger partial charge is 0.451 e. The molecule has 0 fully saturated rings. The normalized spacial score (nSPS) is 13.7. The molecule has 1 aromatic heterocycles. The minimum absolute atomic E-state index is 0.0234. The number of carbonyl (C=O) groups is 1. The molecule has 1 heterocycles. The molecule has 1 amide bonds. The second-order valence-corrected chi connectivity index (χ2v) is 6.29. The van der Waals surface area contributed by atoms with Gasteiger partial charge in [-0.3, -0.25) is 4.79 Å². The summed E-state index contributed by atoms with van der Waals surface area (Å²) in [6.07, 6.45) is -9.37. The molecule has 0 spiro atoms. The zero-order chi connectivity index (χ0) is 18.8. The SMILES string of the molecule is CC(Sc1nc(C(F)(F)F)nc2ccccc12)C(=O)NCC(F)(F)F. The number of hydrogen-bond donors (Lipinski definition) is 1. The number of fused-ring (bicyclic) bond motifs is 1. The quantitative estimate of drug-likeness (QED) is 0.496. The third kappa shape index (κ3) is 5.21. The number of hydrogen-bond acceptors (Lipinski definition) is 4. The lowest BCUT2D eigenvalue weighted by molar-refractivity contribution is -0.145. The first-order chi connectivity index (χ1) is 11.5. The topological polar surface area (TPSA) is 54.9 Å². The Labute approximate surface area is 142 Å². The Kier molecular flexibility index (Phi) is 5.45. The van der Waals surface area contributed by atoms with Crippen molar-refractivity contribution in [3.8, 4) is 0 Å². The summed E-state index contributed by atoms with van der Waals surface area (Å²) < 4.78 is 75.1. The maximum absolute atomic E-state index is 12.9. The summed E-state index contributed by atoms with van der Waals surface area (Å²) in [4.78, 5) is 18.6. The molecule has 0 aliphatic rings. The molecule has 136 valence electrons. The fraction of sp³-hybridized carbons (Fsp3) is 0.357. The van der Waals surface area contributed by atoms with E-state index >= 15 is 0 Å². The number of carbonyl (C=O) groups excluding carboxylic acids is 1. The lowest BCUT2D eigenvalue weighted by atomic mass is 10.2. The second kappa shape index (κ2) is 7.06. The molecule has 0 saturated carbocycles. The van der Waals surface area contributed by atoms with Gasteiger partial charge in [0.2, 0.25) is 11.7 Å². The Bertz CT molecular complexity index is 777. The first-order valence-corrected chi connectivity index (χ1v) is 7.70. The van der Waals surface area contributed by atoms with Gasteiger partial charge in [0.05, 0.1) is 10.8 Å². The van der Waals surface area contributed by atoms with Gasteiger partial charge in [0.1, 0.15) is 11.6 Å². The van der Waals surface area contributed by atoms with Crippen LogP contribution in [0.25, 0.3) is 10.9 Å². The van der Waals surface area contributed by atoms with Crippen LogP contribution in [-0.2, 0) is 11.0 Å². The Morgan fingerprint density at radius 1 is 1.16 bits per heavy atom. The van der Waals surface area contributed by atoms with Crippen LogP contribution in [0.3, 0.4) is 0 Å². The van der Waals surface area contributed by atoms with Crippen LogP contribution in [0.5, 0.6) is 0 Å². The number of para-hydroxylation sites is 1. The van der Waals surface area contributed by atoms with Crippen LogP contribution in [0.4, 0.5) is 26.3 Å². The predicted octanol–water partition coefficient (Wildman–Crippen LogP) is 3.81. The molecule has 1 aromatic carbocycles. The monoisotopic (exact) mass is 383 g/mol. The Balaban J connectivity index is 2.29. The Hall–Kier alpha value is -2.04. The van der Waals surface area contributed by atoms with E-state index in [1.165, 1.54) is 25.1 Å². The van der Waals surface area contributed by atoms with Crippen molar-refractivity contribution in [3.63, 3.8) is 0 Å². The predicted molar refractivity (Wildman–Crippen MR) is 78.9 cm³/mol. The third-order valence-corrected chi connectivity index (χ3v) is 4.04. The molecule has 0 aliphatic heterocycles. The zero-order valence-corrected chi connectivity index (χ0v) is 13.4. The van der Waals surface area contributed by atoms with Crippen molar-refractivity contribution in [2.75, 3.05) is 6.54 Å². The van der Waals surface area contributed by atoms with Crippen molar-refractivity contribution >= 4 is 28.6 Å². The van der Waals surface area contributed by atoms with Crippen LogP contribution in [0, 0.1) is 0 Å². The molecule has 2 rings (SSSR count). The second-order valence-electron chi connectivity index (χ2n) is 4.96.